The predicted molar refractivity (Wildman–Crippen MR) is 357 cm³/mol. The lowest BCUT2D eigenvalue weighted by molar-refractivity contribution is 0.795. The van der Waals surface area contributed by atoms with E-state index in [0.717, 1.165) is 66.3 Å². The lowest BCUT2D eigenvalue weighted by atomic mass is 9.70. The predicted octanol–water partition coefficient (Wildman–Crippen LogP) is 20.4. The van der Waals surface area contributed by atoms with Crippen LogP contribution in [0.15, 0.2) is 309 Å². The summed E-state index contributed by atoms with van der Waals surface area (Å²) in [6.45, 7) is 0. The SMILES string of the molecule is c1ccc(-c2cc(-c3ccccc3)cc(-c3cccc(-n4c5ccccc5c5cc(-c6ccc7c(c6)c6ccc8c(c6n7-c6nc(-c7ccccc7)nc(-c7ccccc7)n6)C6(c7ccccc7-c7ccccc76)c6ccccc6-8)ccc54)c3)c2)cc1. The molecule has 3 aromatic heterocycles. The van der Waals surface area contributed by atoms with Crippen LogP contribution in [0.4, 0.5) is 0 Å². The maximum atomic E-state index is 5.51. The molecule has 3 heterocycles. The summed E-state index contributed by atoms with van der Waals surface area (Å²) in [7, 11) is 0. The van der Waals surface area contributed by atoms with E-state index in [1.54, 1.807) is 0 Å². The van der Waals surface area contributed by atoms with Crippen LogP contribution in [0.2, 0.25) is 0 Å². The van der Waals surface area contributed by atoms with Crippen LogP contribution in [-0.4, -0.2) is 24.1 Å². The molecule has 0 saturated heterocycles. The quantitative estimate of drug-likeness (QED) is 0.152. The van der Waals surface area contributed by atoms with Crippen LogP contribution in [0.5, 0.6) is 0 Å². The number of hydrogen-bond acceptors (Lipinski definition) is 3. The molecule has 1 spiro atoms. The van der Waals surface area contributed by atoms with Crippen molar-refractivity contribution in [3.05, 3.63) is 332 Å². The lowest BCUT2D eigenvalue weighted by Crippen LogP contribution is -2.26. The van der Waals surface area contributed by atoms with E-state index in [-0.39, 0.29) is 0 Å². The van der Waals surface area contributed by atoms with Gasteiger partial charge in [0.2, 0.25) is 5.95 Å². The third-order valence-electron chi connectivity index (χ3n) is 18.4. The Hall–Kier alpha value is -11.5. The highest BCUT2D eigenvalue weighted by atomic mass is 15.2. The Kier molecular flexibility index (Phi) is 10.8. The van der Waals surface area contributed by atoms with Crippen LogP contribution in [0.1, 0.15) is 22.3 Å². The normalized spacial score (nSPS) is 12.7. The maximum Gasteiger partial charge on any atom is 0.238 e. The Morgan fingerprint density at radius 1 is 0.241 bits per heavy atom. The van der Waals surface area contributed by atoms with Gasteiger partial charge in [-0.25, -0.2) is 4.98 Å². The maximum absolute atomic E-state index is 5.51. The third-order valence-corrected chi connectivity index (χ3v) is 18.4. The van der Waals surface area contributed by atoms with Gasteiger partial charge in [-0.2, -0.15) is 9.97 Å². The molecule has 13 aromatic carbocycles. The minimum Gasteiger partial charge on any atom is -0.309 e. The fraction of sp³-hybridized carbons (Fsp3) is 0.0122. The molecule has 0 amide bonds. The van der Waals surface area contributed by atoms with Crippen molar-refractivity contribution in [3.63, 3.8) is 0 Å². The molecule has 0 saturated carbocycles. The fourth-order valence-corrected chi connectivity index (χ4v) is 14.6. The summed E-state index contributed by atoms with van der Waals surface area (Å²) in [4.78, 5) is 16.2. The zero-order valence-corrected chi connectivity index (χ0v) is 47.2. The van der Waals surface area contributed by atoms with E-state index in [1.165, 1.54) is 83.1 Å². The third kappa shape index (κ3) is 7.43. The molecular weight excluding hydrogens is 1050 g/mol. The average molecular weight is 1110 g/mol. The topological polar surface area (TPSA) is 48.5 Å². The van der Waals surface area contributed by atoms with Crippen molar-refractivity contribution in [2.75, 3.05) is 0 Å². The zero-order chi connectivity index (χ0) is 57.2. The van der Waals surface area contributed by atoms with Crippen LogP contribution in [0, 0.1) is 0 Å². The second-order valence-electron chi connectivity index (χ2n) is 23.0. The molecule has 0 bridgehead atoms. The van der Waals surface area contributed by atoms with Crippen LogP contribution in [-0.2, 0) is 5.41 Å². The molecule has 18 rings (SSSR count). The molecule has 0 unspecified atom stereocenters. The molecule has 0 aliphatic heterocycles. The molecule has 0 fully saturated rings. The van der Waals surface area contributed by atoms with Gasteiger partial charge in [-0.3, -0.25) is 4.57 Å². The minimum atomic E-state index is -0.638. The van der Waals surface area contributed by atoms with Crippen molar-refractivity contribution < 1.29 is 0 Å². The summed E-state index contributed by atoms with van der Waals surface area (Å²) in [5, 5.41) is 4.64. The summed E-state index contributed by atoms with van der Waals surface area (Å²) in [6, 6.07) is 113. The summed E-state index contributed by atoms with van der Waals surface area (Å²) in [6.07, 6.45) is 0. The summed E-state index contributed by atoms with van der Waals surface area (Å²) >= 11 is 0. The number of para-hydroxylation sites is 1. The first-order valence-corrected chi connectivity index (χ1v) is 29.8. The highest BCUT2D eigenvalue weighted by molar-refractivity contribution is 6.16. The van der Waals surface area contributed by atoms with Crippen molar-refractivity contribution in [2.45, 2.75) is 5.41 Å². The molecule has 16 aromatic rings. The van der Waals surface area contributed by atoms with Gasteiger partial charge in [0.1, 0.15) is 0 Å². The number of fused-ring (bicyclic) bond motifs is 17. The van der Waals surface area contributed by atoms with Crippen molar-refractivity contribution in [3.8, 4) is 101 Å². The Balaban J connectivity index is 0.853. The second-order valence-corrected chi connectivity index (χ2v) is 23.0. The van der Waals surface area contributed by atoms with Crippen molar-refractivity contribution in [1.82, 2.24) is 24.1 Å². The van der Waals surface area contributed by atoms with Crippen LogP contribution in [0.25, 0.3) is 145 Å². The van der Waals surface area contributed by atoms with Crippen molar-refractivity contribution >= 4 is 43.6 Å². The number of benzene rings is 13. The van der Waals surface area contributed by atoms with Crippen molar-refractivity contribution in [1.29, 1.82) is 0 Å². The van der Waals surface area contributed by atoms with Gasteiger partial charge in [-0.05, 0) is 144 Å². The van der Waals surface area contributed by atoms with Crippen LogP contribution >= 0.6 is 0 Å². The standard InChI is InChI=1S/C82H51N5/c1-5-22-52(23-6-1)59-46-60(53-24-7-2-8-25-53)48-61(47-59)56-30-21-31-62(49-56)86-74-39-20-16-35-66(74)69-50-57(40-44-75(69)86)58-41-45-76-70(51-58)68-43-42-67-65-34-15-19-38-73(65)82(71-36-17-13-32-63(71)64-33-14-18-37-72(64)82)77(67)78(68)87(76)81-84-79(54-26-9-3-10-27-54)83-80(85-81)55-28-11-4-12-29-55/h1-51H. The highest BCUT2D eigenvalue weighted by Crippen LogP contribution is 2.64. The van der Waals surface area contributed by atoms with E-state index in [2.05, 4.69) is 282 Å². The molecule has 404 valence electrons. The summed E-state index contributed by atoms with van der Waals surface area (Å²) in [5.41, 5.74) is 26.1. The molecule has 0 N–H and O–H groups in total. The van der Waals surface area contributed by atoms with Gasteiger partial charge < -0.3 is 4.57 Å². The first kappa shape index (κ1) is 48.9. The Morgan fingerprint density at radius 3 is 1.23 bits per heavy atom. The molecular formula is C82H51N5. The number of hydrogen-bond donors (Lipinski definition) is 0. The van der Waals surface area contributed by atoms with Gasteiger partial charge >= 0.3 is 0 Å². The fourth-order valence-electron chi connectivity index (χ4n) is 14.6. The number of nitrogens with zero attached hydrogens (tertiary/aromatic N) is 5. The van der Waals surface area contributed by atoms with Gasteiger partial charge in [0.05, 0.1) is 27.5 Å². The Labute approximate surface area is 503 Å². The molecule has 0 radical (unpaired) electrons. The summed E-state index contributed by atoms with van der Waals surface area (Å²) < 4.78 is 4.79. The van der Waals surface area contributed by atoms with Gasteiger partial charge in [0, 0.05) is 43.9 Å². The van der Waals surface area contributed by atoms with Gasteiger partial charge in [-0.1, -0.05) is 249 Å². The van der Waals surface area contributed by atoms with E-state index in [9.17, 15) is 0 Å². The molecule has 0 atom stereocenters. The van der Waals surface area contributed by atoms with E-state index >= 15 is 0 Å². The van der Waals surface area contributed by atoms with Crippen LogP contribution in [0.3, 0.4) is 0 Å². The largest absolute Gasteiger partial charge is 0.309 e. The monoisotopic (exact) mass is 1110 g/mol. The molecule has 5 heteroatoms. The Bertz CT molecular complexity index is 5270. The first-order valence-electron chi connectivity index (χ1n) is 29.8. The molecule has 2 aliphatic carbocycles. The number of aromatic nitrogens is 5. The van der Waals surface area contributed by atoms with Gasteiger partial charge in [0.25, 0.3) is 0 Å². The first-order chi connectivity index (χ1) is 43.1. The molecule has 87 heavy (non-hydrogen) atoms. The number of rotatable bonds is 8. The van der Waals surface area contributed by atoms with Crippen molar-refractivity contribution in [2.24, 2.45) is 0 Å². The zero-order valence-electron chi connectivity index (χ0n) is 47.2. The Morgan fingerprint density at radius 2 is 0.667 bits per heavy atom. The van der Waals surface area contributed by atoms with Gasteiger partial charge in [0.15, 0.2) is 11.6 Å². The van der Waals surface area contributed by atoms with Gasteiger partial charge in [-0.15, -0.1) is 0 Å². The molecule has 5 nitrogen and oxygen atoms in total. The smallest absolute Gasteiger partial charge is 0.238 e. The lowest BCUT2D eigenvalue weighted by Gasteiger charge is -2.31. The van der Waals surface area contributed by atoms with Crippen LogP contribution < -0.4 is 0 Å². The highest BCUT2D eigenvalue weighted by Gasteiger charge is 2.53. The van der Waals surface area contributed by atoms with E-state index in [4.69, 9.17) is 15.0 Å². The van der Waals surface area contributed by atoms with E-state index < -0.39 is 5.41 Å². The second kappa shape index (κ2) is 19.3. The average Bonchev–Trinajstić information content (AvgIpc) is 1.51. The minimum absolute atomic E-state index is 0.563. The molecule has 2 aliphatic rings. The van der Waals surface area contributed by atoms with E-state index in [0.29, 0.717) is 17.6 Å². The summed E-state index contributed by atoms with van der Waals surface area (Å²) in [5.74, 6) is 1.79. The van der Waals surface area contributed by atoms with E-state index in [1.807, 2.05) is 36.4 Å².